The molecule has 1 fully saturated rings. The van der Waals surface area contributed by atoms with Crippen molar-refractivity contribution in [2.75, 3.05) is 13.2 Å². The number of aliphatic hydroxyl groups is 1. The van der Waals surface area contributed by atoms with Gasteiger partial charge in [-0.25, -0.2) is 0 Å². The maximum atomic E-state index is 10.0. The molecule has 0 spiro atoms. The van der Waals surface area contributed by atoms with Crippen LogP contribution in [0.25, 0.3) is 12.2 Å². The number of nitrogens with one attached hydrogen (secondary N) is 1. The van der Waals surface area contributed by atoms with Gasteiger partial charge in [0.1, 0.15) is 18.5 Å². The van der Waals surface area contributed by atoms with E-state index in [9.17, 15) is 5.11 Å². The van der Waals surface area contributed by atoms with E-state index in [0.29, 0.717) is 18.3 Å². The van der Waals surface area contributed by atoms with Crippen molar-refractivity contribution < 1.29 is 14.4 Å². The molecule has 0 amide bonds. The summed E-state index contributed by atoms with van der Waals surface area (Å²) in [6, 6.07) is 10.3. The SMILES string of the molecule is CC(C)(C)c1cc(C=Cc2ccccc2OCC(O)CNC2CC2)on1. The number of para-hydroxylation sites is 1. The Hall–Kier alpha value is -2.11. The van der Waals surface area contributed by atoms with Gasteiger partial charge in [-0.2, -0.15) is 0 Å². The van der Waals surface area contributed by atoms with E-state index in [-0.39, 0.29) is 12.0 Å². The second kappa shape index (κ2) is 8.06. The Morgan fingerprint density at radius 1 is 1.31 bits per heavy atom. The van der Waals surface area contributed by atoms with Crippen molar-refractivity contribution in [2.24, 2.45) is 0 Å². The molecule has 2 aromatic rings. The zero-order valence-electron chi connectivity index (χ0n) is 15.7. The second-order valence-corrected chi connectivity index (χ2v) is 7.88. The van der Waals surface area contributed by atoms with Gasteiger partial charge < -0.3 is 19.7 Å². The first kappa shape index (κ1) is 18.7. The van der Waals surface area contributed by atoms with E-state index in [0.717, 1.165) is 17.0 Å². The van der Waals surface area contributed by atoms with Crippen LogP contribution in [0.15, 0.2) is 34.9 Å². The molecular weight excluding hydrogens is 328 g/mol. The Kier molecular flexibility index (Phi) is 5.79. The number of nitrogens with zero attached hydrogens (tertiary/aromatic N) is 1. The van der Waals surface area contributed by atoms with Gasteiger partial charge in [0.25, 0.3) is 0 Å². The van der Waals surface area contributed by atoms with Gasteiger partial charge in [0.05, 0.1) is 5.69 Å². The third kappa shape index (κ3) is 5.44. The van der Waals surface area contributed by atoms with Crippen LogP contribution in [-0.2, 0) is 5.41 Å². The van der Waals surface area contributed by atoms with Crippen LogP contribution in [0.4, 0.5) is 0 Å². The van der Waals surface area contributed by atoms with Gasteiger partial charge in [-0.15, -0.1) is 0 Å². The summed E-state index contributed by atoms with van der Waals surface area (Å²) in [6.45, 7) is 7.14. The molecule has 1 heterocycles. The summed E-state index contributed by atoms with van der Waals surface area (Å²) < 4.78 is 11.2. The van der Waals surface area contributed by atoms with Crippen molar-refractivity contribution in [2.45, 2.75) is 51.2 Å². The second-order valence-electron chi connectivity index (χ2n) is 7.88. The van der Waals surface area contributed by atoms with E-state index in [2.05, 4.69) is 31.2 Å². The van der Waals surface area contributed by atoms with E-state index in [1.165, 1.54) is 12.8 Å². The van der Waals surface area contributed by atoms with Gasteiger partial charge in [0.15, 0.2) is 5.76 Å². The lowest BCUT2D eigenvalue weighted by Gasteiger charge is -2.14. The van der Waals surface area contributed by atoms with Crippen molar-refractivity contribution >= 4 is 12.2 Å². The molecule has 1 aromatic heterocycles. The van der Waals surface area contributed by atoms with Crippen LogP contribution in [0.3, 0.4) is 0 Å². The number of hydrogen-bond donors (Lipinski definition) is 2. The molecule has 0 aliphatic heterocycles. The first-order valence-corrected chi connectivity index (χ1v) is 9.20. The lowest BCUT2D eigenvalue weighted by molar-refractivity contribution is 0.106. The smallest absolute Gasteiger partial charge is 0.159 e. The first-order chi connectivity index (χ1) is 12.4. The molecule has 26 heavy (non-hydrogen) atoms. The first-order valence-electron chi connectivity index (χ1n) is 9.20. The van der Waals surface area contributed by atoms with Crippen molar-refractivity contribution in [1.82, 2.24) is 10.5 Å². The summed E-state index contributed by atoms with van der Waals surface area (Å²) in [5, 5.41) is 17.5. The summed E-state index contributed by atoms with van der Waals surface area (Å²) >= 11 is 0. The molecule has 5 heteroatoms. The molecule has 1 unspecified atom stereocenters. The Balaban J connectivity index is 1.60. The lowest BCUT2D eigenvalue weighted by atomic mass is 9.92. The van der Waals surface area contributed by atoms with Gasteiger partial charge in [0, 0.05) is 29.6 Å². The maximum Gasteiger partial charge on any atom is 0.159 e. The van der Waals surface area contributed by atoms with Crippen molar-refractivity contribution in [3.05, 3.63) is 47.3 Å². The van der Waals surface area contributed by atoms with Crippen LogP contribution in [0, 0.1) is 0 Å². The third-order valence-corrected chi connectivity index (χ3v) is 4.29. The number of aliphatic hydroxyl groups excluding tert-OH is 1. The van der Waals surface area contributed by atoms with Crippen LogP contribution in [0.5, 0.6) is 5.75 Å². The fourth-order valence-electron chi connectivity index (χ4n) is 2.48. The van der Waals surface area contributed by atoms with E-state index < -0.39 is 6.10 Å². The molecular formula is C21H28N2O3. The zero-order valence-corrected chi connectivity index (χ0v) is 15.7. The molecule has 140 valence electrons. The minimum atomic E-state index is -0.517. The molecule has 1 aliphatic rings. The van der Waals surface area contributed by atoms with Gasteiger partial charge in [-0.1, -0.05) is 44.1 Å². The van der Waals surface area contributed by atoms with E-state index >= 15 is 0 Å². The summed E-state index contributed by atoms with van der Waals surface area (Å²) in [4.78, 5) is 0. The number of ether oxygens (including phenoxy) is 1. The Bertz CT molecular complexity index is 742. The van der Waals surface area contributed by atoms with Crippen molar-refractivity contribution in [3.8, 4) is 5.75 Å². The molecule has 5 nitrogen and oxygen atoms in total. The highest BCUT2D eigenvalue weighted by Crippen LogP contribution is 2.24. The average molecular weight is 356 g/mol. The highest BCUT2D eigenvalue weighted by atomic mass is 16.5. The summed E-state index contributed by atoms with van der Waals surface area (Å²) in [6.07, 6.45) is 5.72. The van der Waals surface area contributed by atoms with Crippen LogP contribution in [0.2, 0.25) is 0 Å². The number of hydrogen-bond acceptors (Lipinski definition) is 5. The average Bonchev–Trinajstić information content (AvgIpc) is 3.31. The summed E-state index contributed by atoms with van der Waals surface area (Å²) in [5.41, 5.74) is 1.82. The van der Waals surface area contributed by atoms with Crippen LogP contribution < -0.4 is 10.1 Å². The van der Waals surface area contributed by atoms with Gasteiger partial charge in [0.2, 0.25) is 0 Å². The molecule has 1 saturated carbocycles. The summed E-state index contributed by atoms with van der Waals surface area (Å²) in [5.74, 6) is 1.45. The van der Waals surface area contributed by atoms with Gasteiger partial charge >= 0.3 is 0 Å². The Morgan fingerprint density at radius 3 is 2.77 bits per heavy atom. The molecule has 0 radical (unpaired) electrons. The highest BCUT2D eigenvalue weighted by Gasteiger charge is 2.21. The maximum absolute atomic E-state index is 10.0. The molecule has 2 N–H and O–H groups in total. The molecule has 1 aliphatic carbocycles. The predicted octanol–water partition coefficient (Wildman–Crippen LogP) is 3.63. The molecule has 0 bridgehead atoms. The van der Waals surface area contributed by atoms with Crippen molar-refractivity contribution in [1.29, 1.82) is 0 Å². The standard InChI is InChI=1S/C21H28N2O3/c1-21(2,3)20-12-18(26-23-20)11-8-15-6-4-5-7-19(15)25-14-17(24)13-22-16-9-10-16/h4-8,11-12,16-17,22,24H,9-10,13-14H2,1-3H3. The highest BCUT2D eigenvalue weighted by molar-refractivity contribution is 5.70. The number of rotatable bonds is 8. The Labute approximate surface area is 155 Å². The predicted molar refractivity (Wildman–Crippen MR) is 103 cm³/mol. The minimum Gasteiger partial charge on any atom is -0.490 e. The van der Waals surface area contributed by atoms with E-state index in [1.54, 1.807) is 0 Å². The molecule has 1 aromatic carbocycles. The van der Waals surface area contributed by atoms with Crippen LogP contribution in [0.1, 0.15) is 50.6 Å². The number of benzene rings is 1. The normalized spacial score (nSPS) is 16.2. The fraction of sp³-hybridized carbons (Fsp3) is 0.476. The zero-order chi connectivity index (χ0) is 18.6. The Morgan fingerprint density at radius 2 is 2.08 bits per heavy atom. The van der Waals surface area contributed by atoms with E-state index in [4.69, 9.17) is 9.26 Å². The van der Waals surface area contributed by atoms with Gasteiger partial charge in [-0.05, 0) is 31.1 Å². The minimum absolute atomic E-state index is 0.0404. The topological polar surface area (TPSA) is 67.5 Å². The van der Waals surface area contributed by atoms with Crippen LogP contribution >= 0.6 is 0 Å². The van der Waals surface area contributed by atoms with E-state index in [1.807, 2.05) is 42.5 Å². The lowest BCUT2D eigenvalue weighted by Crippen LogP contribution is -2.32. The number of aromatic nitrogens is 1. The van der Waals surface area contributed by atoms with Crippen LogP contribution in [-0.4, -0.2) is 35.6 Å². The third-order valence-electron chi connectivity index (χ3n) is 4.29. The van der Waals surface area contributed by atoms with Gasteiger partial charge in [-0.3, -0.25) is 0 Å². The molecule has 3 rings (SSSR count). The molecule has 0 saturated heterocycles. The fourth-order valence-corrected chi connectivity index (χ4v) is 2.48. The van der Waals surface area contributed by atoms with Crippen molar-refractivity contribution in [3.63, 3.8) is 0 Å². The molecule has 1 atom stereocenters. The largest absolute Gasteiger partial charge is 0.490 e. The summed E-state index contributed by atoms with van der Waals surface area (Å²) in [7, 11) is 0. The quantitative estimate of drug-likeness (QED) is 0.756. The monoisotopic (exact) mass is 356 g/mol.